The summed E-state index contributed by atoms with van der Waals surface area (Å²) in [7, 11) is 0. The summed E-state index contributed by atoms with van der Waals surface area (Å²) < 4.78 is 20.7. The molecule has 0 aliphatic heterocycles. The van der Waals surface area contributed by atoms with Crippen molar-refractivity contribution in [2.24, 2.45) is 0 Å². The molecular formula is C25H18FN3O3S. The Labute approximate surface area is 192 Å². The van der Waals surface area contributed by atoms with E-state index in [1.54, 1.807) is 12.1 Å². The van der Waals surface area contributed by atoms with Crippen molar-refractivity contribution in [3.05, 3.63) is 94.5 Å². The number of rotatable bonds is 5. The number of thioether (sulfide) groups is 1. The van der Waals surface area contributed by atoms with Gasteiger partial charge in [-0.25, -0.2) is 9.37 Å². The quantitative estimate of drug-likeness (QED) is 0.285. The lowest BCUT2D eigenvalue weighted by Crippen LogP contribution is -2.22. The topological polar surface area (TPSA) is 77.1 Å². The molecule has 164 valence electrons. The Morgan fingerprint density at radius 2 is 1.88 bits per heavy atom. The number of hydrogen-bond acceptors (Lipinski definition) is 5. The number of carbonyl (C=O) groups excluding carboxylic acids is 1. The molecule has 0 atom stereocenters. The molecule has 0 aliphatic carbocycles. The van der Waals surface area contributed by atoms with Gasteiger partial charge in [-0.15, -0.1) is 0 Å². The number of carbonyl (C=O) groups is 1. The second kappa shape index (κ2) is 8.55. The number of nitrogens with zero attached hydrogens (tertiary/aromatic N) is 2. The summed E-state index contributed by atoms with van der Waals surface area (Å²) in [5, 5.41) is 3.75. The second-order valence-corrected chi connectivity index (χ2v) is 8.44. The van der Waals surface area contributed by atoms with Crippen LogP contribution in [0.25, 0.3) is 27.8 Å². The van der Waals surface area contributed by atoms with E-state index in [1.165, 1.54) is 22.8 Å². The molecule has 0 saturated heterocycles. The average Bonchev–Trinajstić information content (AvgIpc) is 3.18. The minimum absolute atomic E-state index is 0.0178. The Kier molecular flexibility index (Phi) is 5.43. The summed E-state index contributed by atoms with van der Waals surface area (Å²) in [6.45, 7) is 1.96. The van der Waals surface area contributed by atoms with Gasteiger partial charge in [0.05, 0.1) is 11.4 Å². The first-order valence-corrected chi connectivity index (χ1v) is 11.2. The van der Waals surface area contributed by atoms with Crippen molar-refractivity contribution >= 4 is 45.4 Å². The lowest BCUT2D eigenvalue weighted by Gasteiger charge is -2.12. The molecule has 0 bridgehead atoms. The van der Waals surface area contributed by atoms with Crippen molar-refractivity contribution < 1.29 is 13.6 Å². The molecule has 3 aromatic carbocycles. The number of amides is 1. The predicted octanol–water partition coefficient (Wildman–Crippen LogP) is 5.31. The largest absolute Gasteiger partial charge is 0.448 e. The van der Waals surface area contributed by atoms with E-state index in [-0.39, 0.29) is 22.8 Å². The minimum Gasteiger partial charge on any atom is -0.448 e. The van der Waals surface area contributed by atoms with Crippen molar-refractivity contribution in [2.45, 2.75) is 12.1 Å². The number of halogens is 1. The van der Waals surface area contributed by atoms with Gasteiger partial charge in [-0.3, -0.25) is 14.2 Å². The van der Waals surface area contributed by atoms with Gasteiger partial charge in [0.1, 0.15) is 16.9 Å². The van der Waals surface area contributed by atoms with Crippen LogP contribution in [-0.4, -0.2) is 21.2 Å². The van der Waals surface area contributed by atoms with Gasteiger partial charge in [-0.1, -0.05) is 47.7 Å². The van der Waals surface area contributed by atoms with Gasteiger partial charge in [-0.05, 0) is 49.4 Å². The molecule has 0 saturated carbocycles. The standard InChI is InChI=1S/C25H18FN3O3S/c1-15-9-11-18(12-10-15)29-24(31)23-22(19-7-2-3-8-20(19)32-23)28-25(29)33-14-21(30)27-17-6-4-5-16(26)13-17/h2-13H,14H2,1H3,(H,27,30). The molecule has 6 nitrogen and oxygen atoms in total. The molecule has 2 aromatic heterocycles. The predicted molar refractivity (Wildman–Crippen MR) is 128 cm³/mol. The molecule has 2 heterocycles. The van der Waals surface area contributed by atoms with Gasteiger partial charge in [-0.2, -0.15) is 0 Å². The summed E-state index contributed by atoms with van der Waals surface area (Å²) >= 11 is 1.12. The van der Waals surface area contributed by atoms with Crippen LogP contribution >= 0.6 is 11.8 Å². The van der Waals surface area contributed by atoms with Crippen molar-refractivity contribution in [2.75, 3.05) is 11.1 Å². The number of nitrogens with one attached hydrogen (secondary N) is 1. The van der Waals surface area contributed by atoms with Gasteiger partial charge in [0.25, 0.3) is 0 Å². The number of benzene rings is 3. The molecule has 0 unspecified atom stereocenters. The summed E-state index contributed by atoms with van der Waals surface area (Å²) in [6.07, 6.45) is 0. The third kappa shape index (κ3) is 4.12. The zero-order valence-electron chi connectivity index (χ0n) is 17.5. The molecule has 5 aromatic rings. The Morgan fingerprint density at radius 3 is 2.67 bits per heavy atom. The summed E-state index contributed by atoms with van der Waals surface area (Å²) in [4.78, 5) is 30.7. The molecule has 0 fully saturated rings. The maximum atomic E-state index is 13.5. The van der Waals surface area contributed by atoms with Gasteiger partial charge in [0.15, 0.2) is 5.16 Å². The Hall–Kier alpha value is -3.91. The normalized spacial score (nSPS) is 11.2. The lowest BCUT2D eigenvalue weighted by molar-refractivity contribution is -0.113. The van der Waals surface area contributed by atoms with Crippen LogP contribution in [0.1, 0.15) is 5.56 Å². The second-order valence-electron chi connectivity index (χ2n) is 7.49. The van der Waals surface area contributed by atoms with E-state index in [9.17, 15) is 14.0 Å². The number of anilines is 1. The maximum absolute atomic E-state index is 13.5. The molecule has 0 spiro atoms. The van der Waals surface area contributed by atoms with Gasteiger partial charge >= 0.3 is 5.56 Å². The summed E-state index contributed by atoms with van der Waals surface area (Å²) in [5.74, 6) is -0.795. The van der Waals surface area contributed by atoms with Crippen LogP contribution in [0, 0.1) is 12.7 Å². The van der Waals surface area contributed by atoms with Crippen molar-refractivity contribution in [3.8, 4) is 5.69 Å². The van der Waals surface area contributed by atoms with Crippen molar-refractivity contribution in [3.63, 3.8) is 0 Å². The van der Waals surface area contributed by atoms with Crippen LogP contribution in [0.15, 0.2) is 87.2 Å². The van der Waals surface area contributed by atoms with E-state index in [0.29, 0.717) is 27.6 Å². The van der Waals surface area contributed by atoms with Crippen molar-refractivity contribution in [1.29, 1.82) is 0 Å². The molecule has 0 radical (unpaired) electrons. The highest BCUT2D eigenvalue weighted by molar-refractivity contribution is 7.99. The van der Waals surface area contributed by atoms with E-state index in [1.807, 2.05) is 49.4 Å². The SMILES string of the molecule is Cc1ccc(-n2c(SCC(=O)Nc3cccc(F)c3)nc3c(oc4ccccc43)c2=O)cc1. The first kappa shape index (κ1) is 21.0. The molecule has 1 amide bonds. The third-order valence-corrected chi connectivity index (χ3v) is 6.04. The Morgan fingerprint density at radius 1 is 1.09 bits per heavy atom. The van der Waals surface area contributed by atoms with Crippen LogP contribution < -0.4 is 10.9 Å². The number of aromatic nitrogens is 2. The van der Waals surface area contributed by atoms with E-state index in [4.69, 9.17) is 9.40 Å². The van der Waals surface area contributed by atoms with E-state index in [0.717, 1.165) is 22.7 Å². The van der Waals surface area contributed by atoms with E-state index in [2.05, 4.69) is 5.32 Å². The highest BCUT2D eigenvalue weighted by atomic mass is 32.2. The zero-order valence-corrected chi connectivity index (χ0v) is 18.4. The molecule has 33 heavy (non-hydrogen) atoms. The summed E-state index contributed by atoms with van der Waals surface area (Å²) in [5.41, 5.74) is 2.85. The number of hydrogen-bond donors (Lipinski definition) is 1. The molecular weight excluding hydrogens is 441 g/mol. The number of fused-ring (bicyclic) bond motifs is 3. The van der Waals surface area contributed by atoms with Crippen LogP contribution in [0.3, 0.4) is 0 Å². The highest BCUT2D eigenvalue weighted by Gasteiger charge is 2.19. The monoisotopic (exact) mass is 459 g/mol. The highest BCUT2D eigenvalue weighted by Crippen LogP contribution is 2.28. The number of aryl methyl sites for hydroxylation is 1. The average molecular weight is 460 g/mol. The van der Waals surface area contributed by atoms with Crippen LogP contribution in [0.2, 0.25) is 0 Å². The maximum Gasteiger partial charge on any atom is 0.302 e. The molecule has 0 aliphatic rings. The molecule has 5 rings (SSSR count). The fraction of sp³-hybridized carbons (Fsp3) is 0.0800. The number of furan rings is 1. The third-order valence-electron chi connectivity index (χ3n) is 5.10. The van der Waals surface area contributed by atoms with Crippen molar-refractivity contribution in [1.82, 2.24) is 9.55 Å². The molecule has 1 N–H and O–H groups in total. The van der Waals surface area contributed by atoms with E-state index < -0.39 is 5.82 Å². The smallest absolute Gasteiger partial charge is 0.302 e. The minimum atomic E-state index is -0.437. The first-order chi connectivity index (χ1) is 16.0. The van der Waals surface area contributed by atoms with Crippen LogP contribution in [-0.2, 0) is 4.79 Å². The van der Waals surface area contributed by atoms with Gasteiger partial charge in [0, 0.05) is 11.1 Å². The fourth-order valence-corrected chi connectivity index (χ4v) is 4.34. The van der Waals surface area contributed by atoms with Gasteiger partial charge < -0.3 is 9.73 Å². The summed E-state index contributed by atoms with van der Waals surface area (Å²) in [6, 6.07) is 20.4. The molecule has 8 heteroatoms. The Balaban J connectivity index is 1.56. The van der Waals surface area contributed by atoms with Gasteiger partial charge in [0.2, 0.25) is 11.5 Å². The zero-order chi connectivity index (χ0) is 22.9. The Bertz CT molecular complexity index is 1560. The van der Waals surface area contributed by atoms with E-state index >= 15 is 0 Å². The van der Waals surface area contributed by atoms with Crippen LogP contribution in [0.5, 0.6) is 0 Å². The lowest BCUT2D eigenvalue weighted by atomic mass is 10.2. The fourth-order valence-electron chi connectivity index (χ4n) is 3.53. The number of para-hydroxylation sites is 1. The first-order valence-electron chi connectivity index (χ1n) is 10.2. The van der Waals surface area contributed by atoms with Crippen LogP contribution in [0.4, 0.5) is 10.1 Å².